The third-order valence-electron chi connectivity index (χ3n) is 3.89. The highest BCUT2D eigenvalue weighted by Gasteiger charge is 2.23. The Bertz CT molecular complexity index is 771. The van der Waals surface area contributed by atoms with E-state index in [-0.39, 0.29) is 17.3 Å². The Morgan fingerprint density at radius 3 is 2.61 bits per heavy atom. The van der Waals surface area contributed by atoms with Crippen LogP contribution >= 0.6 is 0 Å². The fraction of sp³-hybridized carbons (Fsp3) is 0.438. The molecule has 0 radical (unpaired) electrons. The van der Waals surface area contributed by atoms with Gasteiger partial charge in [0.1, 0.15) is 17.1 Å². The molecule has 1 aliphatic heterocycles. The zero-order valence-electron chi connectivity index (χ0n) is 13.0. The van der Waals surface area contributed by atoms with Crippen molar-refractivity contribution < 1.29 is 18.5 Å². The second kappa shape index (κ2) is 6.37. The fourth-order valence-corrected chi connectivity index (χ4v) is 2.69. The SMILES string of the molecule is Cc1cc(NC(=O)c2c(C)cc(C3CCOCC3)oc2=O)no1. The van der Waals surface area contributed by atoms with Crippen LogP contribution in [0.2, 0.25) is 0 Å². The number of amides is 1. The summed E-state index contributed by atoms with van der Waals surface area (Å²) >= 11 is 0. The molecule has 2 aromatic rings. The highest BCUT2D eigenvalue weighted by molar-refractivity contribution is 6.04. The molecule has 0 aliphatic carbocycles. The van der Waals surface area contributed by atoms with Gasteiger partial charge >= 0.3 is 5.63 Å². The number of hydrogen-bond acceptors (Lipinski definition) is 6. The molecule has 0 aromatic carbocycles. The first-order chi connectivity index (χ1) is 11.0. The molecule has 1 saturated heterocycles. The Balaban J connectivity index is 1.84. The number of aromatic nitrogens is 1. The van der Waals surface area contributed by atoms with E-state index in [0.717, 1.165) is 12.8 Å². The molecule has 0 spiro atoms. The molecule has 1 fully saturated rings. The standard InChI is InChI=1S/C16H18N2O5/c1-9-7-12(11-3-5-21-6-4-11)22-16(20)14(9)15(19)17-13-8-10(2)23-18-13/h7-8,11H,3-6H2,1-2H3,(H,17,18,19). The summed E-state index contributed by atoms with van der Waals surface area (Å²) in [6.07, 6.45) is 1.62. The van der Waals surface area contributed by atoms with E-state index in [0.29, 0.717) is 30.3 Å². The van der Waals surface area contributed by atoms with Gasteiger partial charge in [-0.05, 0) is 38.3 Å². The molecule has 7 nitrogen and oxygen atoms in total. The van der Waals surface area contributed by atoms with Crippen molar-refractivity contribution in [3.05, 3.63) is 45.2 Å². The van der Waals surface area contributed by atoms with Gasteiger partial charge < -0.3 is 19.0 Å². The maximum atomic E-state index is 12.3. The molecule has 1 amide bonds. The lowest BCUT2D eigenvalue weighted by Gasteiger charge is -2.21. The van der Waals surface area contributed by atoms with E-state index in [1.165, 1.54) is 0 Å². The van der Waals surface area contributed by atoms with Crippen molar-refractivity contribution in [2.24, 2.45) is 0 Å². The fourth-order valence-electron chi connectivity index (χ4n) is 2.69. The van der Waals surface area contributed by atoms with Crippen LogP contribution in [-0.2, 0) is 4.74 Å². The van der Waals surface area contributed by atoms with Crippen LogP contribution in [0.4, 0.5) is 5.82 Å². The highest BCUT2D eigenvalue weighted by atomic mass is 16.5. The average molecular weight is 318 g/mol. The van der Waals surface area contributed by atoms with Crippen LogP contribution in [0, 0.1) is 13.8 Å². The minimum atomic E-state index is -0.635. The summed E-state index contributed by atoms with van der Waals surface area (Å²) in [6, 6.07) is 3.34. The molecule has 0 saturated carbocycles. The molecule has 0 bridgehead atoms. The second-order valence-electron chi connectivity index (χ2n) is 5.66. The number of hydrogen-bond donors (Lipinski definition) is 1. The van der Waals surface area contributed by atoms with Gasteiger partial charge in [0, 0.05) is 25.2 Å². The van der Waals surface area contributed by atoms with E-state index >= 15 is 0 Å². The van der Waals surface area contributed by atoms with E-state index in [4.69, 9.17) is 13.7 Å². The molecular weight excluding hydrogens is 300 g/mol. The van der Waals surface area contributed by atoms with Gasteiger partial charge in [0.05, 0.1) is 0 Å². The molecule has 0 unspecified atom stereocenters. The van der Waals surface area contributed by atoms with Gasteiger partial charge in [-0.2, -0.15) is 0 Å². The van der Waals surface area contributed by atoms with E-state index in [9.17, 15) is 9.59 Å². The van der Waals surface area contributed by atoms with Gasteiger partial charge in [0.25, 0.3) is 5.91 Å². The largest absolute Gasteiger partial charge is 0.427 e. The zero-order chi connectivity index (χ0) is 16.4. The lowest BCUT2D eigenvalue weighted by Crippen LogP contribution is -2.24. The summed E-state index contributed by atoms with van der Waals surface area (Å²) in [5.74, 6) is 1.05. The van der Waals surface area contributed by atoms with Crippen molar-refractivity contribution >= 4 is 11.7 Å². The Morgan fingerprint density at radius 2 is 2.00 bits per heavy atom. The molecule has 122 valence electrons. The lowest BCUT2D eigenvalue weighted by molar-refractivity contribution is 0.0796. The maximum absolute atomic E-state index is 12.3. The monoisotopic (exact) mass is 318 g/mol. The Morgan fingerprint density at radius 1 is 1.26 bits per heavy atom. The summed E-state index contributed by atoms with van der Waals surface area (Å²) in [5, 5.41) is 6.21. The van der Waals surface area contributed by atoms with E-state index in [2.05, 4.69) is 10.5 Å². The zero-order valence-corrected chi connectivity index (χ0v) is 13.0. The predicted octanol–water partition coefficient (Wildman–Crippen LogP) is 2.39. The molecule has 7 heteroatoms. The van der Waals surface area contributed by atoms with Crippen molar-refractivity contribution in [3.8, 4) is 0 Å². The third-order valence-corrected chi connectivity index (χ3v) is 3.89. The molecule has 0 atom stereocenters. The Labute approximate surface area is 132 Å². The van der Waals surface area contributed by atoms with Gasteiger partial charge in [-0.3, -0.25) is 4.79 Å². The summed E-state index contributed by atoms with van der Waals surface area (Å²) in [5.41, 5.74) is -0.0638. The number of nitrogens with zero attached hydrogens (tertiary/aromatic N) is 1. The number of rotatable bonds is 3. The Hall–Kier alpha value is -2.41. The number of carbonyl (C=O) groups excluding carboxylic acids is 1. The summed E-state index contributed by atoms with van der Waals surface area (Å²) < 4.78 is 15.6. The molecule has 23 heavy (non-hydrogen) atoms. The van der Waals surface area contributed by atoms with Crippen LogP contribution in [0.15, 0.2) is 25.9 Å². The van der Waals surface area contributed by atoms with Crippen molar-refractivity contribution in [2.45, 2.75) is 32.6 Å². The molecule has 2 aromatic heterocycles. The van der Waals surface area contributed by atoms with E-state index in [1.54, 1.807) is 26.0 Å². The van der Waals surface area contributed by atoms with Crippen LogP contribution in [0.5, 0.6) is 0 Å². The van der Waals surface area contributed by atoms with Gasteiger partial charge in [0.15, 0.2) is 5.82 Å². The van der Waals surface area contributed by atoms with Crippen LogP contribution in [0.3, 0.4) is 0 Å². The molecule has 3 rings (SSSR count). The minimum absolute atomic E-state index is 0.0125. The number of nitrogens with one attached hydrogen (secondary N) is 1. The first kappa shape index (κ1) is 15.5. The Kier molecular flexibility index (Phi) is 4.29. The quantitative estimate of drug-likeness (QED) is 0.933. The van der Waals surface area contributed by atoms with Gasteiger partial charge in [0.2, 0.25) is 0 Å². The normalized spacial score (nSPS) is 15.6. The maximum Gasteiger partial charge on any atom is 0.349 e. The topological polar surface area (TPSA) is 94.6 Å². The van der Waals surface area contributed by atoms with Crippen molar-refractivity contribution in [3.63, 3.8) is 0 Å². The number of anilines is 1. The van der Waals surface area contributed by atoms with Crippen molar-refractivity contribution in [1.29, 1.82) is 0 Å². The summed E-state index contributed by atoms with van der Waals surface area (Å²) in [4.78, 5) is 24.5. The summed E-state index contributed by atoms with van der Waals surface area (Å²) in [6.45, 7) is 4.75. The van der Waals surface area contributed by atoms with Crippen LogP contribution < -0.4 is 10.9 Å². The smallest absolute Gasteiger partial charge is 0.349 e. The molecule has 1 N–H and O–H groups in total. The first-order valence-corrected chi connectivity index (χ1v) is 7.51. The predicted molar refractivity (Wildman–Crippen MR) is 81.7 cm³/mol. The van der Waals surface area contributed by atoms with Crippen molar-refractivity contribution in [1.82, 2.24) is 5.16 Å². The van der Waals surface area contributed by atoms with Crippen LogP contribution in [-0.4, -0.2) is 24.3 Å². The molecule has 3 heterocycles. The van der Waals surface area contributed by atoms with Gasteiger partial charge in [-0.15, -0.1) is 0 Å². The second-order valence-corrected chi connectivity index (χ2v) is 5.66. The number of ether oxygens (including phenoxy) is 1. The molecule has 1 aliphatic rings. The number of carbonyl (C=O) groups is 1. The highest BCUT2D eigenvalue weighted by Crippen LogP contribution is 2.27. The first-order valence-electron chi connectivity index (χ1n) is 7.51. The average Bonchev–Trinajstić information content (AvgIpc) is 2.92. The van der Waals surface area contributed by atoms with E-state index < -0.39 is 11.5 Å². The van der Waals surface area contributed by atoms with Gasteiger partial charge in [-0.25, -0.2) is 4.79 Å². The third kappa shape index (κ3) is 3.34. The van der Waals surface area contributed by atoms with Crippen LogP contribution in [0.1, 0.15) is 46.2 Å². The minimum Gasteiger partial charge on any atom is -0.427 e. The summed E-state index contributed by atoms with van der Waals surface area (Å²) in [7, 11) is 0. The lowest BCUT2D eigenvalue weighted by atomic mass is 9.95. The van der Waals surface area contributed by atoms with Crippen molar-refractivity contribution in [2.75, 3.05) is 18.5 Å². The molecular formula is C16H18N2O5. The van der Waals surface area contributed by atoms with Gasteiger partial charge in [-0.1, -0.05) is 5.16 Å². The van der Waals surface area contributed by atoms with E-state index in [1.807, 2.05) is 0 Å². The number of aryl methyl sites for hydroxylation is 2. The van der Waals surface area contributed by atoms with Crippen LogP contribution in [0.25, 0.3) is 0 Å².